The van der Waals surface area contributed by atoms with E-state index in [9.17, 15) is 9.18 Å². The first-order valence-corrected chi connectivity index (χ1v) is 5.01. The van der Waals surface area contributed by atoms with E-state index in [0.717, 1.165) is 4.47 Å². The Morgan fingerprint density at radius 1 is 1.50 bits per heavy atom. The van der Waals surface area contributed by atoms with Gasteiger partial charge in [-0.3, -0.25) is 4.79 Å². The van der Waals surface area contributed by atoms with E-state index in [1.807, 2.05) is 0 Å². The van der Waals surface area contributed by atoms with Crippen LogP contribution < -0.4 is 4.90 Å². The molecule has 0 spiro atoms. The number of carbonyl (C=O) groups is 1. The molecule has 0 saturated heterocycles. The third-order valence-electron chi connectivity index (χ3n) is 2.53. The Morgan fingerprint density at radius 2 is 2.14 bits per heavy atom. The second-order valence-corrected chi connectivity index (χ2v) is 4.44. The fraction of sp³-hybridized carbons (Fsp3) is 0.300. The lowest BCUT2D eigenvalue weighted by atomic mass is 10.0. The molecule has 1 aliphatic rings. The van der Waals surface area contributed by atoms with Gasteiger partial charge in [0.1, 0.15) is 0 Å². The van der Waals surface area contributed by atoms with E-state index >= 15 is 0 Å². The minimum Gasteiger partial charge on any atom is -0.312 e. The second-order valence-electron chi connectivity index (χ2n) is 3.53. The van der Waals surface area contributed by atoms with Gasteiger partial charge in [0.25, 0.3) is 5.91 Å². The number of hydrogen-bond acceptors (Lipinski definition) is 1. The van der Waals surface area contributed by atoms with Crippen molar-refractivity contribution in [1.29, 1.82) is 0 Å². The molecule has 0 bridgehead atoms. The van der Waals surface area contributed by atoms with E-state index in [2.05, 4.69) is 15.9 Å². The largest absolute Gasteiger partial charge is 0.312 e. The lowest BCUT2D eigenvalue weighted by molar-refractivity contribution is -0.127. The van der Waals surface area contributed by atoms with Crippen molar-refractivity contribution < 1.29 is 9.18 Å². The number of hydrogen-bond donors (Lipinski definition) is 0. The van der Waals surface area contributed by atoms with E-state index < -0.39 is 11.6 Å². The highest BCUT2D eigenvalue weighted by Crippen LogP contribution is 2.42. The van der Waals surface area contributed by atoms with Gasteiger partial charge in [-0.25, -0.2) is 4.39 Å². The first-order chi connectivity index (χ1) is 6.44. The molecule has 1 aliphatic heterocycles. The van der Waals surface area contributed by atoms with Gasteiger partial charge in [0.05, 0.1) is 5.69 Å². The SMILES string of the molecule is CN1C(=O)C(C)(F)c2cc(Br)ccc21. The minimum absolute atomic E-state index is 0.430. The lowest BCUT2D eigenvalue weighted by Gasteiger charge is -2.12. The van der Waals surface area contributed by atoms with E-state index in [-0.39, 0.29) is 0 Å². The van der Waals surface area contributed by atoms with Crippen LogP contribution in [0.3, 0.4) is 0 Å². The molecule has 74 valence electrons. The van der Waals surface area contributed by atoms with Crippen LogP contribution in [0.5, 0.6) is 0 Å². The maximum atomic E-state index is 14.0. The number of anilines is 1. The zero-order chi connectivity index (χ0) is 10.5. The Balaban J connectivity index is 2.69. The zero-order valence-corrected chi connectivity index (χ0v) is 9.43. The Hall–Kier alpha value is -0.900. The molecule has 1 heterocycles. The number of carbonyl (C=O) groups excluding carboxylic acids is 1. The number of likely N-dealkylation sites (N-methyl/N-ethyl adjacent to an activating group) is 1. The molecule has 14 heavy (non-hydrogen) atoms. The maximum absolute atomic E-state index is 14.0. The number of fused-ring (bicyclic) bond motifs is 1. The van der Waals surface area contributed by atoms with Crippen LogP contribution in [0.4, 0.5) is 10.1 Å². The molecular weight excluding hydrogens is 249 g/mol. The highest BCUT2D eigenvalue weighted by Gasteiger charge is 2.46. The Morgan fingerprint density at radius 3 is 2.79 bits per heavy atom. The number of amides is 1. The van der Waals surface area contributed by atoms with Crippen LogP contribution in [0.1, 0.15) is 12.5 Å². The Labute approximate surface area is 89.8 Å². The summed E-state index contributed by atoms with van der Waals surface area (Å²) in [5.41, 5.74) is -0.823. The first kappa shape index (κ1) is 9.65. The third-order valence-corrected chi connectivity index (χ3v) is 3.03. The molecule has 1 amide bonds. The molecule has 4 heteroatoms. The first-order valence-electron chi connectivity index (χ1n) is 4.21. The van der Waals surface area contributed by atoms with Crippen molar-refractivity contribution in [3.63, 3.8) is 0 Å². The zero-order valence-electron chi connectivity index (χ0n) is 7.84. The molecule has 1 aromatic rings. The summed E-state index contributed by atoms with van der Waals surface area (Å²) in [5.74, 6) is -0.509. The molecule has 1 unspecified atom stereocenters. The van der Waals surface area contributed by atoms with Gasteiger partial charge in [0.15, 0.2) is 0 Å². The molecular formula is C10H9BrFNO. The number of alkyl halides is 1. The average molecular weight is 258 g/mol. The highest BCUT2D eigenvalue weighted by atomic mass is 79.9. The van der Waals surface area contributed by atoms with Crippen molar-refractivity contribution in [3.8, 4) is 0 Å². The third kappa shape index (κ3) is 1.10. The smallest absolute Gasteiger partial charge is 0.268 e. The van der Waals surface area contributed by atoms with Crippen molar-refractivity contribution in [2.45, 2.75) is 12.6 Å². The number of halogens is 2. The van der Waals surface area contributed by atoms with Crippen molar-refractivity contribution in [2.75, 3.05) is 11.9 Å². The van der Waals surface area contributed by atoms with E-state index in [4.69, 9.17) is 0 Å². The molecule has 2 rings (SSSR count). The van der Waals surface area contributed by atoms with Gasteiger partial charge in [-0.2, -0.15) is 0 Å². The van der Waals surface area contributed by atoms with Gasteiger partial charge in [-0.1, -0.05) is 15.9 Å². The molecule has 0 aliphatic carbocycles. The van der Waals surface area contributed by atoms with Crippen molar-refractivity contribution in [1.82, 2.24) is 0 Å². The quantitative estimate of drug-likeness (QED) is 0.700. The van der Waals surface area contributed by atoms with Crippen LogP contribution >= 0.6 is 15.9 Å². The van der Waals surface area contributed by atoms with Crippen molar-refractivity contribution in [2.24, 2.45) is 0 Å². The molecule has 2 nitrogen and oxygen atoms in total. The van der Waals surface area contributed by atoms with Crippen molar-refractivity contribution >= 4 is 27.5 Å². The van der Waals surface area contributed by atoms with Crippen LogP contribution in [0, 0.1) is 0 Å². The van der Waals surface area contributed by atoms with Gasteiger partial charge >= 0.3 is 0 Å². The summed E-state index contributed by atoms with van der Waals surface area (Å²) in [6.07, 6.45) is 0. The van der Waals surface area contributed by atoms with Crippen LogP contribution in [0.25, 0.3) is 0 Å². The fourth-order valence-electron chi connectivity index (χ4n) is 1.72. The average Bonchev–Trinajstić information content (AvgIpc) is 2.29. The molecule has 0 saturated carbocycles. The van der Waals surface area contributed by atoms with E-state index in [0.29, 0.717) is 11.3 Å². The maximum Gasteiger partial charge on any atom is 0.268 e. The predicted molar refractivity (Wildman–Crippen MR) is 56.0 cm³/mol. The molecule has 0 fully saturated rings. The number of benzene rings is 1. The monoisotopic (exact) mass is 257 g/mol. The fourth-order valence-corrected chi connectivity index (χ4v) is 2.08. The summed E-state index contributed by atoms with van der Waals surface area (Å²) in [6, 6.07) is 5.18. The van der Waals surface area contributed by atoms with Crippen molar-refractivity contribution in [3.05, 3.63) is 28.2 Å². The van der Waals surface area contributed by atoms with Crippen LogP contribution in [-0.4, -0.2) is 13.0 Å². The van der Waals surface area contributed by atoms with Gasteiger partial charge < -0.3 is 4.90 Å². The number of nitrogens with zero attached hydrogens (tertiary/aromatic N) is 1. The lowest BCUT2D eigenvalue weighted by Crippen LogP contribution is -2.32. The van der Waals surface area contributed by atoms with Gasteiger partial charge in [0.2, 0.25) is 5.67 Å². The summed E-state index contributed by atoms with van der Waals surface area (Å²) < 4.78 is 14.8. The normalized spacial score (nSPS) is 25.4. The summed E-state index contributed by atoms with van der Waals surface area (Å²) >= 11 is 3.26. The van der Waals surface area contributed by atoms with Crippen LogP contribution in [0.2, 0.25) is 0 Å². The Bertz CT molecular complexity index is 417. The predicted octanol–water partition coefficient (Wildman–Crippen LogP) is 2.61. The molecule has 1 aromatic carbocycles. The van der Waals surface area contributed by atoms with Gasteiger partial charge in [-0.05, 0) is 25.1 Å². The van der Waals surface area contributed by atoms with Gasteiger partial charge in [0, 0.05) is 17.1 Å². The van der Waals surface area contributed by atoms with E-state index in [1.165, 1.54) is 11.8 Å². The number of rotatable bonds is 0. The molecule has 1 atom stereocenters. The minimum atomic E-state index is -1.89. The van der Waals surface area contributed by atoms with Crippen LogP contribution in [0.15, 0.2) is 22.7 Å². The second kappa shape index (κ2) is 2.79. The van der Waals surface area contributed by atoms with E-state index in [1.54, 1.807) is 25.2 Å². The topological polar surface area (TPSA) is 20.3 Å². The summed E-state index contributed by atoms with van der Waals surface area (Å²) in [4.78, 5) is 12.9. The standard InChI is InChI=1S/C10H9BrFNO/c1-10(12)7-5-6(11)3-4-8(7)13(2)9(10)14/h3-5H,1-2H3. The molecule has 0 radical (unpaired) electrons. The summed E-state index contributed by atoms with van der Waals surface area (Å²) in [7, 11) is 1.58. The summed E-state index contributed by atoms with van der Waals surface area (Å²) in [5, 5.41) is 0. The summed E-state index contributed by atoms with van der Waals surface area (Å²) in [6.45, 7) is 1.30. The highest BCUT2D eigenvalue weighted by molar-refractivity contribution is 9.10. The van der Waals surface area contributed by atoms with Crippen LogP contribution in [-0.2, 0) is 10.5 Å². The molecule has 0 N–H and O–H groups in total. The van der Waals surface area contributed by atoms with Gasteiger partial charge in [-0.15, -0.1) is 0 Å². The molecule has 0 aromatic heterocycles. The Kier molecular flexibility index (Phi) is 1.93.